The average Bonchev–Trinajstić information content (AvgIpc) is 2.95. The van der Waals surface area contributed by atoms with Crippen molar-refractivity contribution in [3.63, 3.8) is 0 Å². The van der Waals surface area contributed by atoms with Gasteiger partial charge in [0.1, 0.15) is 12.4 Å². The molecular formula is C20H30N2O4S. The number of sulfone groups is 1. The quantitative estimate of drug-likeness (QED) is 0.703. The van der Waals surface area contributed by atoms with Gasteiger partial charge in [0.05, 0.1) is 18.1 Å². The molecule has 7 heteroatoms. The molecule has 1 aromatic carbocycles. The van der Waals surface area contributed by atoms with E-state index in [1.807, 2.05) is 24.3 Å². The van der Waals surface area contributed by atoms with Crippen LogP contribution in [0.5, 0.6) is 5.75 Å². The molecule has 0 aromatic heterocycles. The van der Waals surface area contributed by atoms with Crippen molar-refractivity contribution in [2.75, 3.05) is 44.4 Å². The number of aliphatic hydroxyl groups is 1. The molecule has 2 unspecified atom stereocenters. The fourth-order valence-electron chi connectivity index (χ4n) is 3.95. The highest BCUT2D eigenvalue weighted by Crippen LogP contribution is 2.28. The van der Waals surface area contributed by atoms with Crippen LogP contribution in [0.4, 0.5) is 0 Å². The van der Waals surface area contributed by atoms with Gasteiger partial charge in [-0.15, -0.1) is 0 Å². The molecule has 2 aliphatic rings. The molecule has 6 nitrogen and oxygen atoms in total. The molecule has 2 heterocycles. The van der Waals surface area contributed by atoms with Crippen LogP contribution in [-0.4, -0.2) is 79.8 Å². The Morgan fingerprint density at radius 1 is 1.22 bits per heavy atom. The number of rotatable bonds is 7. The zero-order valence-electron chi connectivity index (χ0n) is 16.2. The Morgan fingerprint density at radius 2 is 1.93 bits per heavy atom. The van der Waals surface area contributed by atoms with Gasteiger partial charge in [-0.1, -0.05) is 23.8 Å². The minimum atomic E-state index is -3.00. The molecule has 2 saturated heterocycles. The second-order valence-electron chi connectivity index (χ2n) is 7.68. The van der Waals surface area contributed by atoms with Crippen molar-refractivity contribution in [3.05, 3.63) is 41.5 Å². The number of hydrogen-bond acceptors (Lipinski definition) is 6. The summed E-state index contributed by atoms with van der Waals surface area (Å²) in [5.41, 5.74) is 2.36. The van der Waals surface area contributed by atoms with E-state index in [0.717, 1.165) is 30.9 Å². The summed E-state index contributed by atoms with van der Waals surface area (Å²) in [6, 6.07) is 7.93. The molecule has 0 aliphatic carbocycles. The van der Waals surface area contributed by atoms with Crippen LogP contribution in [0.15, 0.2) is 35.9 Å². The number of fused-ring (bicyclic) bond motifs is 1. The Bertz CT molecular complexity index is 774. The molecule has 1 N–H and O–H groups in total. The zero-order valence-corrected chi connectivity index (χ0v) is 17.0. The number of ether oxygens (including phenoxy) is 1. The number of hydrogen-bond donors (Lipinski definition) is 1. The van der Waals surface area contributed by atoms with E-state index in [1.54, 1.807) is 0 Å². The number of allylic oxidation sites excluding steroid dienone is 1. The molecule has 27 heavy (non-hydrogen) atoms. The molecular weight excluding hydrogens is 364 g/mol. The van der Waals surface area contributed by atoms with Gasteiger partial charge in [-0.05, 0) is 31.5 Å². The largest absolute Gasteiger partial charge is 0.491 e. The second-order valence-corrected chi connectivity index (χ2v) is 9.83. The summed E-state index contributed by atoms with van der Waals surface area (Å²) in [6.45, 7) is 7.67. The molecule has 2 aliphatic heterocycles. The van der Waals surface area contributed by atoms with E-state index in [9.17, 15) is 8.42 Å². The third-order valence-corrected chi connectivity index (χ3v) is 6.98. The highest BCUT2D eigenvalue weighted by atomic mass is 32.2. The standard InChI is InChI=1S/C20H30N2O4S/c1-16(2)6-7-21-8-9-22(20-15-27(24,25)14-19(20)21)13-17-4-3-5-18(12-17)26-11-10-23/h3-6,12,19-20,23H,7-11,13-15H2,1-2H3. The number of nitrogens with zero attached hydrogens (tertiary/aromatic N) is 2. The van der Waals surface area contributed by atoms with Gasteiger partial charge in [-0.3, -0.25) is 9.80 Å². The lowest BCUT2D eigenvalue weighted by molar-refractivity contribution is 0.0477. The molecule has 0 bridgehead atoms. The Balaban J connectivity index is 1.73. The highest BCUT2D eigenvalue weighted by Gasteiger charge is 2.46. The summed E-state index contributed by atoms with van der Waals surface area (Å²) in [7, 11) is -3.00. The predicted octanol–water partition coefficient (Wildman–Crippen LogP) is 1.31. The second kappa shape index (κ2) is 8.73. The van der Waals surface area contributed by atoms with Crippen molar-refractivity contribution in [2.24, 2.45) is 0 Å². The summed E-state index contributed by atoms with van der Waals surface area (Å²) in [5.74, 6) is 1.23. The monoisotopic (exact) mass is 394 g/mol. The van der Waals surface area contributed by atoms with Gasteiger partial charge in [0.15, 0.2) is 9.84 Å². The normalized spacial score (nSPS) is 25.1. The van der Waals surface area contributed by atoms with E-state index in [1.165, 1.54) is 5.57 Å². The first-order chi connectivity index (χ1) is 12.9. The van der Waals surface area contributed by atoms with Gasteiger partial charge in [-0.2, -0.15) is 0 Å². The van der Waals surface area contributed by atoms with Gasteiger partial charge >= 0.3 is 0 Å². The van der Waals surface area contributed by atoms with Crippen LogP contribution >= 0.6 is 0 Å². The van der Waals surface area contributed by atoms with E-state index in [0.29, 0.717) is 6.54 Å². The van der Waals surface area contributed by atoms with Crippen molar-refractivity contribution in [1.82, 2.24) is 9.80 Å². The molecule has 0 spiro atoms. The lowest BCUT2D eigenvalue weighted by Gasteiger charge is -2.43. The van der Waals surface area contributed by atoms with E-state index in [-0.39, 0.29) is 36.8 Å². The van der Waals surface area contributed by atoms with Crippen molar-refractivity contribution in [2.45, 2.75) is 32.5 Å². The molecule has 0 saturated carbocycles. The molecule has 2 fully saturated rings. The van der Waals surface area contributed by atoms with Gasteiger partial charge in [-0.25, -0.2) is 8.42 Å². The zero-order chi connectivity index (χ0) is 19.4. The minimum Gasteiger partial charge on any atom is -0.491 e. The van der Waals surface area contributed by atoms with Crippen LogP contribution in [-0.2, 0) is 16.4 Å². The third-order valence-electron chi connectivity index (χ3n) is 5.28. The van der Waals surface area contributed by atoms with Gasteiger partial charge in [0, 0.05) is 38.3 Å². The van der Waals surface area contributed by atoms with E-state index in [2.05, 4.69) is 29.7 Å². The van der Waals surface area contributed by atoms with E-state index >= 15 is 0 Å². The Hall–Kier alpha value is -1.41. The summed E-state index contributed by atoms with van der Waals surface area (Å²) in [5, 5.41) is 8.91. The van der Waals surface area contributed by atoms with Crippen molar-refractivity contribution >= 4 is 9.84 Å². The maximum absolute atomic E-state index is 12.3. The predicted molar refractivity (Wildman–Crippen MR) is 107 cm³/mol. The fraction of sp³-hybridized carbons (Fsp3) is 0.600. The summed E-state index contributed by atoms with van der Waals surface area (Å²) in [6.07, 6.45) is 2.18. The maximum Gasteiger partial charge on any atom is 0.153 e. The smallest absolute Gasteiger partial charge is 0.153 e. The fourth-order valence-corrected chi connectivity index (χ4v) is 5.99. The van der Waals surface area contributed by atoms with Crippen molar-refractivity contribution in [3.8, 4) is 5.75 Å². The molecule has 0 amide bonds. The van der Waals surface area contributed by atoms with Crippen molar-refractivity contribution in [1.29, 1.82) is 0 Å². The Morgan fingerprint density at radius 3 is 2.63 bits per heavy atom. The van der Waals surface area contributed by atoms with Crippen LogP contribution in [0.25, 0.3) is 0 Å². The molecule has 0 radical (unpaired) electrons. The van der Waals surface area contributed by atoms with Gasteiger partial charge < -0.3 is 9.84 Å². The average molecular weight is 395 g/mol. The van der Waals surface area contributed by atoms with E-state index in [4.69, 9.17) is 9.84 Å². The number of aliphatic hydroxyl groups excluding tert-OH is 1. The number of piperazine rings is 1. The summed E-state index contributed by atoms with van der Waals surface area (Å²) in [4.78, 5) is 4.62. The minimum absolute atomic E-state index is 0.0144. The molecule has 2 atom stereocenters. The maximum atomic E-state index is 12.3. The van der Waals surface area contributed by atoms with E-state index < -0.39 is 9.84 Å². The topological polar surface area (TPSA) is 70.1 Å². The molecule has 150 valence electrons. The van der Waals surface area contributed by atoms with Crippen LogP contribution in [0.1, 0.15) is 19.4 Å². The first-order valence-electron chi connectivity index (χ1n) is 9.52. The number of benzene rings is 1. The lowest BCUT2D eigenvalue weighted by atomic mass is 10.0. The molecule has 1 aromatic rings. The molecule has 3 rings (SSSR count). The SMILES string of the molecule is CC(C)=CCN1CCN(Cc2cccc(OCCO)c2)C2CS(=O)(=O)CC21. The summed E-state index contributed by atoms with van der Waals surface area (Å²) < 4.78 is 30.2. The van der Waals surface area contributed by atoms with Gasteiger partial charge in [0.2, 0.25) is 0 Å². The van der Waals surface area contributed by atoms with Crippen molar-refractivity contribution < 1.29 is 18.3 Å². The first kappa shape index (κ1) is 20.3. The lowest BCUT2D eigenvalue weighted by Crippen LogP contribution is -2.58. The van der Waals surface area contributed by atoms with Crippen LogP contribution in [0, 0.1) is 0 Å². The third kappa shape index (κ3) is 5.31. The van der Waals surface area contributed by atoms with Crippen LogP contribution in [0.3, 0.4) is 0 Å². The first-order valence-corrected chi connectivity index (χ1v) is 11.3. The summed E-state index contributed by atoms with van der Waals surface area (Å²) >= 11 is 0. The highest BCUT2D eigenvalue weighted by molar-refractivity contribution is 7.91. The van der Waals surface area contributed by atoms with Crippen LogP contribution < -0.4 is 4.74 Å². The van der Waals surface area contributed by atoms with Gasteiger partial charge in [0.25, 0.3) is 0 Å². The Labute approximate surface area is 162 Å². The van der Waals surface area contributed by atoms with Crippen LogP contribution in [0.2, 0.25) is 0 Å². The Kier molecular flexibility index (Phi) is 6.57.